The van der Waals surface area contributed by atoms with E-state index in [1.165, 1.54) is 13.2 Å². The number of ether oxygens (including phenoxy) is 1. The molecule has 9 heteroatoms. The van der Waals surface area contributed by atoms with E-state index in [9.17, 15) is 13.2 Å². The number of methoxy groups -OCH3 is 1. The molecule has 0 spiro atoms. The van der Waals surface area contributed by atoms with Crippen molar-refractivity contribution in [2.75, 3.05) is 25.5 Å². The Bertz CT molecular complexity index is 948. The Morgan fingerprint density at radius 2 is 1.93 bits per heavy atom. The molecule has 2 aromatic carbocycles. The van der Waals surface area contributed by atoms with Gasteiger partial charge in [0, 0.05) is 6.54 Å². The average Bonchev–Trinajstić information content (AvgIpc) is 2.63. The third-order valence-electron chi connectivity index (χ3n) is 3.84. The van der Waals surface area contributed by atoms with E-state index in [0.29, 0.717) is 10.7 Å². The van der Waals surface area contributed by atoms with Crippen LogP contribution in [0.15, 0.2) is 41.3 Å². The molecule has 0 aliphatic rings. The van der Waals surface area contributed by atoms with Gasteiger partial charge in [0.2, 0.25) is 15.9 Å². The molecule has 2 rings (SSSR count). The van der Waals surface area contributed by atoms with Crippen LogP contribution < -0.4 is 10.1 Å². The van der Waals surface area contributed by atoms with E-state index in [1.54, 1.807) is 44.2 Å². The van der Waals surface area contributed by atoms with Crippen LogP contribution in [0.1, 0.15) is 12.5 Å². The molecule has 2 aromatic rings. The van der Waals surface area contributed by atoms with Crippen LogP contribution in [0.2, 0.25) is 10.0 Å². The van der Waals surface area contributed by atoms with Gasteiger partial charge in [0.15, 0.2) is 0 Å². The monoisotopic (exact) mass is 430 g/mol. The van der Waals surface area contributed by atoms with Crippen LogP contribution in [-0.4, -0.2) is 38.8 Å². The second kappa shape index (κ2) is 8.93. The number of sulfonamides is 1. The van der Waals surface area contributed by atoms with E-state index in [0.717, 1.165) is 9.87 Å². The molecule has 0 unspecified atom stereocenters. The molecular formula is C18H20Cl2N2O4S. The summed E-state index contributed by atoms with van der Waals surface area (Å²) in [6, 6.07) is 9.66. The van der Waals surface area contributed by atoms with Crippen molar-refractivity contribution >= 4 is 44.8 Å². The number of benzene rings is 2. The smallest absolute Gasteiger partial charge is 0.247 e. The minimum Gasteiger partial charge on any atom is -0.495 e. The van der Waals surface area contributed by atoms with E-state index in [1.807, 2.05) is 0 Å². The summed E-state index contributed by atoms with van der Waals surface area (Å²) in [6.07, 6.45) is 0. The number of anilines is 1. The van der Waals surface area contributed by atoms with Gasteiger partial charge in [-0.3, -0.25) is 4.79 Å². The minimum absolute atomic E-state index is 0.0143. The zero-order valence-electron chi connectivity index (χ0n) is 15.1. The number of amides is 1. The van der Waals surface area contributed by atoms with Crippen LogP contribution >= 0.6 is 23.2 Å². The van der Waals surface area contributed by atoms with Crippen molar-refractivity contribution in [3.63, 3.8) is 0 Å². The Morgan fingerprint density at radius 1 is 1.22 bits per heavy atom. The highest BCUT2D eigenvalue weighted by Gasteiger charge is 2.28. The highest BCUT2D eigenvalue weighted by atomic mass is 35.5. The molecule has 0 radical (unpaired) electrons. The molecule has 1 amide bonds. The van der Waals surface area contributed by atoms with Crippen molar-refractivity contribution in [2.45, 2.75) is 18.7 Å². The number of nitrogens with zero attached hydrogens (tertiary/aromatic N) is 1. The van der Waals surface area contributed by atoms with Crippen LogP contribution in [0.3, 0.4) is 0 Å². The quantitative estimate of drug-likeness (QED) is 0.720. The third-order valence-corrected chi connectivity index (χ3v) is 6.60. The van der Waals surface area contributed by atoms with Gasteiger partial charge in [-0.05, 0) is 36.8 Å². The zero-order chi connectivity index (χ0) is 20.2. The first-order valence-electron chi connectivity index (χ1n) is 8.09. The summed E-state index contributed by atoms with van der Waals surface area (Å²) in [5.74, 6) is -0.312. The van der Waals surface area contributed by atoms with Gasteiger partial charge in [-0.2, -0.15) is 4.31 Å². The number of likely N-dealkylation sites (N-methyl/N-ethyl adjacent to an activating group) is 1. The van der Waals surface area contributed by atoms with Crippen molar-refractivity contribution in [3.05, 3.63) is 52.0 Å². The van der Waals surface area contributed by atoms with Crippen molar-refractivity contribution < 1.29 is 17.9 Å². The molecule has 0 aromatic heterocycles. The highest BCUT2D eigenvalue weighted by molar-refractivity contribution is 7.89. The van der Waals surface area contributed by atoms with Crippen LogP contribution in [0.4, 0.5) is 5.69 Å². The molecule has 0 heterocycles. The summed E-state index contributed by atoms with van der Waals surface area (Å²) in [4.78, 5) is 12.4. The Hall–Kier alpha value is -1.80. The molecule has 0 aliphatic carbocycles. The van der Waals surface area contributed by atoms with Gasteiger partial charge < -0.3 is 10.1 Å². The number of carbonyl (C=O) groups excluding carboxylic acids is 1. The zero-order valence-corrected chi connectivity index (χ0v) is 17.5. The van der Waals surface area contributed by atoms with Gasteiger partial charge >= 0.3 is 0 Å². The molecule has 0 atom stereocenters. The van der Waals surface area contributed by atoms with Crippen molar-refractivity contribution in [1.29, 1.82) is 0 Å². The number of aryl methyl sites for hydroxylation is 1. The molecule has 6 nitrogen and oxygen atoms in total. The molecular weight excluding hydrogens is 411 g/mol. The first kappa shape index (κ1) is 21.5. The van der Waals surface area contributed by atoms with E-state index in [4.69, 9.17) is 27.9 Å². The minimum atomic E-state index is -3.93. The van der Waals surface area contributed by atoms with Crippen LogP contribution in [-0.2, 0) is 14.8 Å². The van der Waals surface area contributed by atoms with E-state index in [-0.39, 0.29) is 28.8 Å². The predicted octanol–water partition coefficient (Wildman–Crippen LogP) is 3.96. The molecule has 146 valence electrons. The topological polar surface area (TPSA) is 75.7 Å². The van der Waals surface area contributed by atoms with Crippen LogP contribution in [0, 0.1) is 6.92 Å². The summed E-state index contributed by atoms with van der Waals surface area (Å²) in [5.41, 5.74) is 1.08. The molecule has 0 saturated heterocycles. The summed E-state index contributed by atoms with van der Waals surface area (Å²) in [7, 11) is -2.54. The number of hydrogen-bond donors (Lipinski definition) is 1. The highest BCUT2D eigenvalue weighted by Crippen LogP contribution is 2.30. The Balaban J connectivity index is 2.27. The fraction of sp³-hybridized carbons (Fsp3) is 0.278. The molecule has 1 N–H and O–H groups in total. The third kappa shape index (κ3) is 4.93. The number of rotatable bonds is 7. The maximum absolute atomic E-state index is 13.0. The lowest BCUT2D eigenvalue weighted by molar-refractivity contribution is -0.116. The summed E-state index contributed by atoms with van der Waals surface area (Å²) >= 11 is 12.0. The number of hydrogen-bond acceptors (Lipinski definition) is 4. The van der Waals surface area contributed by atoms with Crippen LogP contribution in [0.25, 0.3) is 0 Å². The molecule has 27 heavy (non-hydrogen) atoms. The van der Waals surface area contributed by atoms with Crippen LogP contribution in [0.5, 0.6) is 5.75 Å². The predicted molar refractivity (Wildman–Crippen MR) is 107 cm³/mol. The van der Waals surface area contributed by atoms with Gasteiger partial charge in [0.1, 0.15) is 10.6 Å². The lowest BCUT2D eigenvalue weighted by atomic mass is 10.2. The van der Waals surface area contributed by atoms with Crippen molar-refractivity contribution in [2.24, 2.45) is 0 Å². The van der Waals surface area contributed by atoms with Gasteiger partial charge in [-0.1, -0.05) is 42.3 Å². The van der Waals surface area contributed by atoms with E-state index < -0.39 is 15.9 Å². The van der Waals surface area contributed by atoms with Gasteiger partial charge in [-0.15, -0.1) is 0 Å². The maximum atomic E-state index is 13.0. The Kier molecular flexibility index (Phi) is 7.11. The number of nitrogens with one attached hydrogen (secondary N) is 1. The van der Waals surface area contributed by atoms with Gasteiger partial charge in [-0.25, -0.2) is 8.42 Å². The summed E-state index contributed by atoms with van der Waals surface area (Å²) < 4.78 is 32.3. The maximum Gasteiger partial charge on any atom is 0.247 e. The van der Waals surface area contributed by atoms with Crippen molar-refractivity contribution in [1.82, 2.24) is 4.31 Å². The first-order valence-corrected chi connectivity index (χ1v) is 10.3. The normalized spacial score (nSPS) is 11.5. The Labute approximate surface area is 169 Å². The SMILES string of the molecule is CCN(CC(=O)Nc1cccc(Cl)c1Cl)S(=O)(=O)c1cc(C)ccc1OC. The van der Waals surface area contributed by atoms with E-state index >= 15 is 0 Å². The fourth-order valence-corrected chi connectivity index (χ4v) is 4.44. The fourth-order valence-electron chi connectivity index (χ4n) is 2.44. The van der Waals surface area contributed by atoms with E-state index in [2.05, 4.69) is 5.32 Å². The molecule has 0 bridgehead atoms. The Morgan fingerprint density at radius 3 is 2.56 bits per heavy atom. The second-order valence-corrected chi connectivity index (χ2v) is 8.43. The molecule has 0 fully saturated rings. The van der Waals surface area contributed by atoms with Gasteiger partial charge in [0.05, 0.1) is 29.4 Å². The van der Waals surface area contributed by atoms with Crippen molar-refractivity contribution in [3.8, 4) is 5.75 Å². The summed E-state index contributed by atoms with van der Waals surface area (Å²) in [6.45, 7) is 3.16. The number of halogens is 2. The lowest BCUT2D eigenvalue weighted by Gasteiger charge is -2.21. The molecule has 0 saturated carbocycles. The second-order valence-electron chi connectivity index (χ2n) is 5.74. The standard InChI is InChI=1S/C18H20Cl2N2O4S/c1-4-22(11-17(23)21-14-7-5-6-13(19)18(14)20)27(24,25)16-10-12(2)8-9-15(16)26-3/h5-10H,4,11H2,1-3H3,(H,21,23). The number of carbonyl (C=O) groups is 1. The average molecular weight is 431 g/mol. The summed E-state index contributed by atoms with van der Waals surface area (Å²) in [5, 5.41) is 3.07. The van der Waals surface area contributed by atoms with Gasteiger partial charge in [0.25, 0.3) is 0 Å². The molecule has 0 aliphatic heterocycles. The lowest BCUT2D eigenvalue weighted by Crippen LogP contribution is -2.38. The largest absolute Gasteiger partial charge is 0.495 e. The first-order chi connectivity index (χ1) is 12.7.